The number of likely N-dealkylation sites (tertiary alicyclic amines) is 1. The van der Waals surface area contributed by atoms with Crippen LogP contribution in [0.25, 0.3) is 0 Å². The van der Waals surface area contributed by atoms with Crippen molar-refractivity contribution >= 4 is 24.2 Å². The zero-order chi connectivity index (χ0) is 13.9. The topological polar surface area (TPSA) is 23.5 Å². The van der Waals surface area contributed by atoms with Crippen LogP contribution in [0.4, 0.5) is 0 Å². The lowest BCUT2D eigenvalue weighted by Gasteiger charge is -2.26. The van der Waals surface area contributed by atoms with Crippen molar-refractivity contribution in [2.75, 3.05) is 25.4 Å². The number of aliphatic hydroxyl groups excluding tert-OH is 1. The normalized spacial score (nSPS) is 19.4. The van der Waals surface area contributed by atoms with Crippen molar-refractivity contribution in [2.45, 2.75) is 76.6 Å². The summed E-state index contributed by atoms with van der Waals surface area (Å²) in [4.78, 5) is 2.61. The Kier molecular flexibility index (Phi) is 13.6. The molecule has 0 radical (unpaired) electrons. The van der Waals surface area contributed by atoms with E-state index in [-0.39, 0.29) is 18.5 Å². The van der Waals surface area contributed by atoms with Crippen LogP contribution in [0.15, 0.2) is 0 Å². The molecular formula is C16H34ClNOS. The van der Waals surface area contributed by atoms with Gasteiger partial charge in [-0.05, 0) is 58.0 Å². The molecule has 0 aromatic rings. The van der Waals surface area contributed by atoms with Gasteiger partial charge in [-0.2, -0.15) is 11.8 Å². The van der Waals surface area contributed by atoms with Crippen molar-refractivity contribution in [1.82, 2.24) is 4.90 Å². The maximum atomic E-state index is 9.83. The fourth-order valence-corrected chi connectivity index (χ4v) is 3.98. The summed E-state index contributed by atoms with van der Waals surface area (Å²) in [5.41, 5.74) is 0. The van der Waals surface area contributed by atoms with Crippen LogP contribution in [-0.2, 0) is 0 Å². The van der Waals surface area contributed by atoms with Crippen molar-refractivity contribution in [3.8, 4) is 0 Å². The summed E-state index contributed by atoms with van der Waals surface area (Å²) < 4.78 is 0. The SMILES string of the molecule is CCCCCC(SCCCN1CCCCC1)C(C)O.Cl. The quantitative estimate of drug-likeness (QED) is 0.605. The molecule has 1 fully saturated rings. The maximum Gasteiger partial charge on any atom is 0.0630 e. The first-order valence-electron chi connectivity index (χ1n) is 8.26. The van der Waals surface area contributed by atoms with Crippen LogP contribution in [0, 0.1) is 0 Å². The predicted octanol–water partition coefficient (Wildman–Crippen LogP) is 4.35. The van der Waals surface area contributed by atoms with E-state index in [1.165, 1.54) is 76.8 Å². The van der Waals surface area contributed by atoms with Gasteiger partial charge in [0.15, 0.2) is 0 Å². The van der Waals surface area contributed by atoms with Crippen molar-refractivity contribution in [1.29, 1.82) is 0 Å². The lowest BCUT2D eigenvalue weighted by atomic mass is 10.1. The van der Waals surface area contributed by atoms with Crippen LogP contribution in [0.3, 0.4) is 0 Å². The van der Waals surface area contributed by atoms with Gasteiger partial charge in [0, 0.05) is 5.25 Å². The minimum atomic E-state index is -0.156. The summed E-state index contributed by atoms with van der Waals surface area (Å²) in [6.07, 6.45) is 10.3. The Morgan fingerprint density at radius 1 is 1.10 bits per heavy atom. The van der Waals surface area contributed by atoms with Crippen molar-refractivity contribution in [3.05, 3.63) is 0 Å². The van der Waals surface area contributed by atoms with E-state index in [4.69, 9.17) is 0 Å². The van der Waals surface area contributed by atoms with Gasteiger partial charge in [-0.25, -0.2) is 0 Å². The highest BCUT2D eigenvalue weighted by atomic mass is 35.5. The molecule has 2 unspecified atom stereocenters. The first-order valence-corrected chi connectivity index (χ1v) is 9.31. The Morgan fingerprint density at radius 3 is 2.40 bits per heavy atom. The van der Waals surface area contributed by atoms with E-state index in [1.54, 1.807) is 0 Å². The summed E-state index contributed by atoms with van der Waals surface area (Å²) in [5, 5.41) is 10.3. The zero-order valence-electron chi connectivity index (χ0n) is 13.4. The Hall–Kier alpha value is 0.560. The number of nitrogens with zero attached hydrogens (tertiary/aromatic N) is 1. The molecule has 1 saturated heterocycles. The van der Waals surface area contributed by atoms with E-state index < -0.39 is 0 Å². The molecule has 0 amide bonds. The van der Waals surface area contributed by atoms with E-state index in [2.05, 4.69) is 11.8 Å². The van der Waals surface area contributed by atoms with Gasteiger partial charge in [0.25, 0.3) is 0 Å². The molecule has 0 saturated carbocycles. The Labute approximate surface area is 136 Å². The zero-order valence-corrected chi connectivity index (χ0v) is 15.0. The molecule has 0 bridgehead atoms. The third kappa shape index (κ3) is 9.49. The molecule has 0 aromatic heterocycles. The summed E-state index contributed by atoms with van der Waals surface area (Å²) >= 11 is 1.99. The minimum absolute atomic E-state index is 0. The molecule has 1 heterocycles. The largest absolute Gasteiger partial charge is 0.392 e. The molecule has 1 aliphatic rings. The second-order valence-electron chi connectivity index (χ2n) is 5.90. The van der Waals surface area contributed by atoms with E-state index in [0.717, 1.165) is 0 Å². The van der Waals surface area contributed by atoms with Crippen LogP contribution in [-0.4, -0.2) is 46.7 Å². The molecular weight excluding hydrogens is 290 g/mol. The lowest BCUT2D eigenvalue weighted by Crippen LogP contribution is -2.31. The number of hydrogen-bond donors (Lipinski definition) is 1. The number of piperidine rings is 1. The van der Waals surface area contributed by atoms with Gasteiger partial charge in [0.1, 0.15) is 0 Å². The molecule has 1 N–H and O–H groups in total. The van der Waals surface area contributed by atoms with Crippen molar-refractivity contribution in [3.63, 3.8) is 0 Å². The monoisotopic (exact) mass is 323 g/mol. The molecule has 1 rings (SSSR count). The summed E-state index contributed by atoms with van der Waals surface area (Å²) in [6.45, 7) is 8.06. The van der Waals surface area contributed by atoms with Gasteiger partial charge in [0.05, 0.1) is 6.10 Å². The average Bonchev–Trinajstić information content (AvgIpc) is 2.42. The van der Waals surface area contributed by atoms with E-state index in [9.17, 15) is 5.11 Å². The highest BCUT2D eigenvalue weighted by Crippen LogP contribution is 2.22. The Morgan fingerprint density at radius 2 is 1.80 bits per heavy atom. The standard InChI is InChI=1S/C16H33NOS.ClH/c1-3-4-6-10-16(15(2)18)19-14-9-13-17-11-7-5-8-12-17;/h15-16,18H,3-14H2,1-2H3;1H. The number of unbranched alkanes of at least 4 members (excludes halogenated alkanes) is 2. The maximum absolute atomic E-state index is 9.83. The first-order chi connectivity index (χ1) is 9.24. The number of thioether (sulfide) groups is 1. The summed E-state index contributed by atoms with van der Waals surface area (Å²) in [5.74, 6) is 1.21. The summed E-state index contributed by atoms with van der Waals surface area (Å²) in [6, 6.07) is 0. The van der Waals surface area contributed by atoms with Crippen LogP contribution in [0.1, 0.15) is 65.2 Å². The highest BCUT2D eigenvalue weighted by Gasteiger charge is 2.15. The molecule has 20 heavy (non-hydrogen) atoms. The molecule has 4 heteroatoms. The third-order valence-electron chi connectivity index (χ3n) is 4.03. The molecule has 0 aromatic carbocycles. The van der Waals surface area contributed by atoms with Gasteiger partial charge in [-0.3, -0.25) is 0 Å². The highest BCUT2D eigenvalue weighted by molar-refractivity contribution is 7.99. The number of aliphatic hydroxyl groups is 1. The van der Waals surface area contributed by atoms with Gasteiger partial charge in [-0.1, -0.05) is 32.6 Å². The van der Waals surface area contributed by atoms with Gasteiger partial charge >= 0.3 is 0 Å². The van der Waals surface area contributed by atoms with Gasteiger partial charge in [-0.15, -0.1) is 12.4 Å². The van der Waals surface area contributed by atoms with Crippen LogP contribution < -0.4 is 0 Å². The second-order valence-corrected chi connectivity index (χ2v) is 7.25. The number of hydrogen-bond acceptors (Lipinski definition) is 3. The number of halogens is 1. The average molecular weight is 324 g/mol. The molecule has 2 nitrogen and oxygen atoms in total. The second kappa shape index (κ2) is 13.2. The first kappa shape index (κ1) is 20.6. The van der Waals surface area contributed by atoms with Gasteiger partial charge in [0.2, 0.25) is 0 Å². The minimum Gasteiger partial charge on any atom is -0.392 e. The lowest BCUT2D eigenvalue weighted by molar-refractivity contribution is 0.186. The predicted molar refractivity (Wildman–Crippen MR) is 94.2 cm³/mol. The summed E-state index contributed by atoms with van der Waals surface area (Å²) in [7, 11) is 0. The Bertz CT molecular complexity index is 211. The third-order valence-corrected chi connectivity index (χ3v) is 5.61. The van der Waals surface area contributed by atoms with E-state index >= 15 is 0 Å². The van der Waals surface area contributed by atoms with Crippen molar-refractivity contribution in [2.24, 2.45) is 0 Å². The fourth-order valence-electron chi connectivity index (χ4n) is 2.77. The van der Waals surface area contributed by atoms with Crippen molar-refractivity contribution < 1.29 is 5.11 Å². The fraction of sp³-hybridized carbons (Fsp3) is 1.00. The number of rotatable bonds is 10. The molecule has 0 aliphatic carbocycles. The van der Waals surface area contributed by atoms with Crippen LogP contribution in [0.2, 0.25) is 0 Å². The molecule has 2 atom stereocenters. The molecule has 1 aliphatic heterocycles. The molecule has 122 valence electrons. The van der Waals surface area contributed by atoms with Gasteiger partial charge < -0.3 is 10.0 Å². The molecule has 0 spiro atoms. The van der Waals surface area contributed by atoms with Crippen LogP contribution >= 0.6 is 24.2 Å². The van der Waals surface area contributed by atoms with Crippen LogP contribution in [0.5, 0.6) is 0 Å². The Balaban J connectivity index is 0.00000361. The smallest absolute Gasteiger partial charge is 0.0630 e. The van der Waals surface area contributed by atoms with E-state index in [0.29, 0.717) is 5.25 Å². The van der Waals surface area contributed by atoms with E-state index in [1.807, 2.05) is 18.7 Å².